The van der Waals surface area contributed by atoms with Crippen molar-refractivity contribution in [1.82, 2.24) is 14.5 Å². The molecule has 10 heteroatoms. The molecule has 1 aromatic heterocycles. The van der Waals surface area contributed by atoms with Crippen LogP contribution >= 0.6 is 0 Å². The van der Waals surface area contributed by atoms with Gasteiger partial charge in [-0.25, -0.2) is 14.2 Å². The number of hydrogen-bond donors (Lipinski definition) is 1. The van der Waals surface area contributed by atoms with Crippen molar-refractivity contribution in [3.05, 3.63) is 39.9 Å². The minimum atomic E-state index is -1.33. The first-order chi connectivity index (χ1) is 14.8. The zero-order valence-electron chi connectivity index (χ0n) is 17.5. The predicted octanol–water partition coefficient (Wildman–Crippen LogP) is 1.55. The van der Waals surface area contributed by atoms with Gasteiger partial charge in [-0.1, -0.05) is 0 Å². The Bertz CT molecular complexity index is 1150. The number of carboxylic acid groups (broad SMARTS) is 1. The van der Waals surface area contributed by atoms with E-state index in [1.165, 1.54) is 11.2 Å². The summed E-state index contributed by atoms with van der Waals surface area (Å²) in [5, 5.41) is 15.1. The third-order valence-corrected chi connectivity index (χ3v) is 5.75. The number of nitrogens with zero attached hydrogens (tertiary/aromatic N) is 5. The lowest BCUT2D eigenvalue weighted by molar-refractivity contribution is -0.130. The van der Waals surface area contributed by atoms with Crippen LogP contribution in [0.2, 0.25) is 0 Å². The van der Waals surface area contributed by atoms with Gasteiger partial charge in [0.05, 0.1) is 24.3 Å². The number of carbonyl (C=O) groups is 2. The molecule has 1 amide bonds. The van der Waals surface area contributed by atoms with Crippen LogP contribution in [0.3, 0.4) is 0 Å². The summed E-state index contributed by atoms with van der Waals surface area (Å²) >= 11 is 0. The molecule has 0 spiro atoms. The largest absolute Gasteiger partial charge is 0.477 e. The van der Waals surface area contributed by atoms with Gasteiger partial charge in [0.2, 0.25) is 11.3 Å². The molecule has 1 fully saturated rings. The molecule has 0 unspecified atom stereocenters. The number of piperazine rings is 1. The van der Waals surface area contributed by atoms with Gasteiger partial charge in [0.15, 0.2) is 0 Å². The van der Waals surface area contributed by atoms with Crippen molar-refractivity contribution in [3.63, 3.8) is 0 Å². The van der Waals surface area contributed by atoms with Gasteiger partial charge in [-0.2, -0.15) is 5.10 Å². The summed E-state index contributed by atoms with van der Waals surface area (Å²) in [6.07, 6.45) is 1.66. The Labute approximate surface area is 177 Å². The molecular formula is C21H24FN5O4. The van der Waals surface area contributed by atoms with Crippen molar-refractivity contribution in [2.45, 2.75) is 26.8 Å². The zero-order valence-corrected chi connectivity index (χ0v) is 17.5. The minimum Gasteiger partial charge on any atom is -0.477 e. The van der Waals surface area contributed by atoms with E-state index < -0.39 is 17.2 Å². The molecule has 4 rings (SSSR count). The van der Waals surface area contributed by atoms with E-state index in [0.29, 0.717) is 57.0 Å². The van der Waals surface area contributed by atoms with Crippen molar-refractivity contribution in [2.24, 2.45) is 5.10 Å². The number of benzene rings is 1. The highest BCUT2D eigenvalue weighted by Gasteiger charge is 2.26. The second kappa shape index (κ2) is 8.10. The van der Waals surface area contributed by atoms with Crippen LogP contribution in [0.25, 0.3) is 10.9 Å². The number of aromatic nitrogens is 1. The fourth-order valence-electron chi connectivity index (χ4n) is 4.09. The standard InChI is InChI=1S/C21H24FN5O4/c1-3-25-11-15(21(30)31)20(29)14-9-16(22)18(10-17(14)25)26-6-4-24(5-7-26)12-27-19(28)8-13(2)23-27/h9-11H,3-8,12H2,1-2H3,(H,30,31). The molecule has 2 aromatic rings. The van der Waals surface area contributed by atoms with Crippen LogP contribution in [0.4, 0.5) is 10.1 Å². The van der Waals surface area contributed by atoms with Gasteiger partial charge in [-0.05, 0) is 26.0 Å². The third-order valence-electron chi connectivity index (χ3n) is 5.75. The third kappa shape index (κ3) is 3.90. The molecule has 2 aliphatic rings. The van der Waals surface area contributed by atoms with E-state index in [2.05, 4.69) is 10.0 Å². The number of aromatic carboxylic acids is 1. The number of aryl methyl sites for hydroxylation is 1. The number of hydrazone groups is 1. The number of rotatable bonds is 5. The highest BCUT2D eigenvalue weighted by Crippen LogP contribution is 2.26. The smallest absolute Gasteiger partial charge is 0.341 e. The topological polar surface area (TPSA) is 98.4 Å². The summed E-state index contributed by atoms with van der Waals surface area (Å²) < 4.78 is 16.6. The van der Waals surface area contributed by atoms with E-state index >= 15 is 0 Å². The van der Waals surface area contributed by atoms with E-state index in [1.807, 2.05) is 18.7 Å². The number of carboxylic acids is 1. The van der Waals surface area contributed by atoms with E-state index in [4.69, 9.17) is 0 Å². The number of anilines is 1. The van der Waals surface area contributed by atoms with Crippen molar-refractivity contribution in [1.29, 1.82) is 0 Å². The maximum absolute atomic E-state index is 15.0. The second-order valence-electron chi connectivity index (χ2n) is 7.84. The summed E-state index contributed by atoms with van der Waals surface area (Å²) in [7, 11) is 0. The number of pyridine rings is 1. The number of carbonyl (C=O) groups excluding carboxylic acids is 1. The van der Waals surface area contributed by atoms with Crippen LogP contribution in [0.15, 0.2) is 28.2 Å². The quantitative estimate of drug-likeness (QED) is 0.774. The Hall–Kier alpha value is -3.27. The van der Waals surface area contributed by atoms with Crippen LogP contribution in [0.5, 0.6) is 0 Å². The van der Waals surface area contributed by atoms with Gasteiger partial charge in [-0.15, -0.1) is 0 Å². The zero-order chi connectivity index (χ0) is 22.3. The van der Waals surface area contributed by atoms with Crippen LogP contribution in [0, 0.1) is 5.82 Å². The first-order valence-corrected chi connectivity index (χ1v) is 10.2. The summed E-state index contributed by atoms with van der Waals surface area (Å²) in [4.78, 5) is 39.8. The highest BCUT2D eigenvalue weighted by molar-refractivity contribution is 6.03. The number of amides is 1. The molecule has 9 nitrogen and oxygen atoms in total. The summed E-state index contributed by atoms with van der Waals surface area (Å²) in [6.45, 7) is 6.89. The molecule has 1 N–H and O–H groups in total. The van der Waals surface area contributed by atoms with Gasteiger partial charge in [0, 0.05) is 50.0 Å². The van der Waals surface area contributed by atoms with Crippen LogP contribution in [0.1, 0.15) is 30.6 Å². The molecule has 164 valence electrons. The van der Waals surface area contributed by atoms with Gasteiger partial charge < -0.3 is 14.6 Å². The number of halogens is 1. The van der Waals surface area contributed by atoms with E-state index in [9.17, 15) is 23.9 Å². The molecule has 0 saturated carbocycles. The maximum Gasteiger partial charge on any atom is 0.341 e. The predicted molar refractivity (Wildman–Crippen MR) is 114 cm³/mol. The number of fused-ring (bicyclic) bond motifs is 1. The first kappa shape index (κ1) is 21.0. The second-order valence-corrected chi connectivity index (χ2v) is 7.84. The van der Waals surface area contributed by atoms with Gasteiger partial charge in [0.25, 0.3) is 0 Å². The molecule has 0 atom stereocenters. The lowest BCUT2D eigenvalue weighted by Crippen LogP contribution is -2.49. The monoisotopic (exact) mass is 429 g/mol. The highest BCUT2D eigenvalue weighted by atomic mass is 19.1. The van der Waals surface area contributed by atoms with Crippen LogP contribution < -0.4 is 10.3 Å². The molecule has 0 radical (unpaired) electrons. The van der Waals surface area contributed by atoms with Gasteiger partial charge in [0.1, 0.15) is 11.4 Å². The Morgan fingerprint density at radius 1 is 1.19 bits per heavy atom. The van der Waals surface area contributed by atoms with Crippen molar-refractivity contribution < 1.29 is 19.1 Å². The van der Waals surface area contributed by atoms with Gasteiger partial charge >= 0.3 is 5.97 Å². The molecule has 1 saturated heterocycles. The van der Waals surface area contributed by atoms with Crippen molar-refractivity contribution >= 4 is 34.2 Å². The van der Waals surface area contributed by atoms with Crippen molar-refractivity contribution in [3.8, 4) is 0 Å². The minimum absolute atomic E-state index is 0.0150. The molecule has 2 aliphatic heterocycles. The molecule has 3 heterocycles. The lowest BCUT2D eigenvalue weighted by Gasteiger charge is -2.37. The summed E-state index contributed by atoms with van der Waals surface area (Å²) in [6, 6.07) is 2.76. The van der Waals surface area contributed by atoms with Crippen molar-refractivity contribution in [2.75, 3.05) is 37.7 Å². The van der Waals surface area contributed by atoms with Crippen LogP contribution in [-0.4, -0.2) is 70.0 Å². The normalized spacial score (nSPS) is 17.5. The molecule has 0 aliphatic carbocycles. The van der Waals surface area contributed by atoms with E-state index in [-0.39, 0.29) is 16.9 Å². The van der Waals surface area contributed by atoms with Gasteiger partial charge in [-0.3, -0.25) is 14.5 Å². The maximum atomic E-state index is 15.0. The Balaban J connectivity index is 1.57. The van der Waals surface area contributed by atoms with Crippen LogP contribution in [-0.2, 0) is 11.3 Å². The lowest BCUT2D eigenvalue weighted by atomic mass is 10.1. The Kier molecular flexibility index (Phi) is 5.48. The molecule has 1 aromatic carbocycles. The first-order valence-electron chi connectivity index (χ1n) is 10.2. The summed E-state index contributed by atoms with van der Waals surface area (Å²) in [5.41, 5.74) is 0.625. The Morgan fingerprint density at radius 3 is 2.48 bits per heavy atom. The van der Waals surface area contributed by atoms with E-state index in [1.54, 1.807) is 10.6 Å². The fourth-order valence-corrected chi connectivity index (χ4v) is 4.09. The fraction of sp³-hybridized carbons (Fsp3) is 0.429. The Morgan fingerprint density at radius 2 is 1.90 bits per heavy atom. The average molecular weight is 429 g/mol. The summed E-state index contributed by atoms with van der Waals surface area (Å²) in [5.74, 6) is -1.90. The molecular weight excluding hydrogens is 405 g/mol. The SMILES string of the molecule is CCn1cc(C(=O)O)c(=O)c2cc(F)c(N3CCN(CN4N=C(C)CC4=O)CC3)cc21. The number of hydrogen-bond acceptors (Lipinski definition) is 6. The average Bonchev–Trinajstić information content (AvgIpc) is 3.05. The van der Waals surface area contributed by atoms with E-state index in [0.717, 1.165) is 11.8 Å². The molecule has 31 heavy (non-hydrogen) atoms. The molecule has 0 bridgehead atoms.